The normalized spacial score (nSPS) is 13.1. The fourth-order valence-corrected chi connectivity index (χ4v) is 3.55. The summed E-state index contributed by atoms with van der Waals surface area (Å²) in [5.41, 5.74) is 3.65. The van der Waals surface area contributed by atoms with Crippen molar-refractivity contribution in [1.29, 1.82) is 0 Å². The summed E-state index contributed by atoms with van der Waals surface area (Å²) in [5, 5.41) is 6.09. The van der Waals surface area contributed by atoms with Gasteiger partial charge in [0.25, 0.3) is 5.91 Å². The quantitative estimate of drug-likeness (QED) is 0.832. The summed E-state index contributed by atoms with van der Waals surface area (Å²) in [7, 11) is 2.03. The summed E-state index contributed by atoms with van der Waals surface area (Å²) in [6, 6.07) is 8.84. The van der Waals surface area contributed by atoms with Crippen molar-refractivity contribution >= 4 is 17.2 Å². The molecule has 4 nitrogen and oxygen atoms in total. The summed E-state index contributed by atoms with van der Waals surface area (Å²) in [6.07, 6.45) is 0. The zero-order chi connectivity index (χ0) is 18.6. The van der Waals surface area contributed by atoms with E-state index in [0.29, 0.717) is 6.54 Å². The van der Waals surface area contributed by atoms with Crippen LogP contribution in [-0.4, -0.2) is 30.5 Å². The fourth-order valence-electron chi connectivity index (χ4n) is 2.63. The summed E-state index contributed by atoms with van der Waals surface area (Å²) < 4.78 is 0. The Morgan fingerprint density at radius 3 is 2.44 bits per heavy atom. The lowest BCUT2D eigenvalue weighted by atomic mass is 9.86. The fraction of sp³-hybridized carbons (Fsp3) is 0.500. The molecular formula is C20H30N3OS+. The van der Waals surface area contributed by atoms with E-state index in [1.807, 2.05) is 20.9 Å². The Kier molecular flexibility index (Phi) is 6.36. The molecule has 2 aromatic rings. The zero-order valence-corrected chi connectivity index (χ0v) is 17.0. The van der Waals surface area contributed by atoms with Gasteiger partial charge in [-0.3, -0.25) is 4.79 Å². The largest absolute Gasteiger partial charge is 0.349 e. The first-order valence-electron chi connectivity index (χ1n) is 8.81. The standard InChI is InChI=1S/C20H29N3OS/c1-14(2)21-18(24)11-23(6)12-19-22-17(13-25-19)15-7-9-16(10-8-15)20(3,4)5/h7-10,13-14H,11-12H2,1-6H3,(H,21,24)/p+1. The van der Waals surface area contributed by atoms with Gasteiger partial charge < -0.3 is 10.2 Å². The van der Waals surface area contributed by atoms with Crippen molar-refractivity contribution in [2.45, 2.75) is 52.6 Å². The molecule has 1 aromatic heterocycles. The molecule has 25 heavy (non-hydrogen) atoms. The molecule has 0 radical (unpaired) electrons. The lowest BCUT2D eigenvalue weighted by molar-refractivity contribution is -0.885. The third-order valence-corrected chi connectivity index (χ3v) is 4.81. The van der Waals surface area contributed by atoms with Gasteiger partial charge in [-0.2, -0.15) is 0 Å². The third-order valence-electron chi connectivity index (χ3n) is 3.96. The van der Waals surface area contributed by atoms with Gasteiger partial charge in [0, 0.05) is 17.0 Å². The van der Waals surface area contributed by atoms with Gasteiger partial charge >= 0.3 is 0 Å². The Morgan fingerprint density at radius 1 is 1.24 bits per heavy atom. The Morgan fingerprint density at radius 2 is 1.88 bits per heavy atom. The van der Waals surface area contributed by atoms with E-state index in [-0.39, 0.29) is 17.4 Å². The van der Waals surface area contributed by atoms with Crippen LogP contribution in [0.3, 0.4) is 0 Å². The molecule has 1 amide bonds. The number of benzene rings is 1. The molecule has 5 heteroatoms. The number of likely N-dealkylation sites (N-methyl/N-ethyl adjacent to an activating group) is 1. The molecule has 0 aliphatic carbocycles. The highest BCUT2D eigenvalue weighted by molar-refractivity contribution is 7.09. The van der Waals surface area contributed by atoms with Crippen molar-refractivity contribution in [3.63, 3.8) is 0 Å². The lowest BCUT2D eigenvalue weighted by Crippen LogP contribution is -3.09. The number of rotatable bonds is 6. The monoisotopic (exact) mass is 360 g/mol. The van der Waals surface area contributed by atoms with E-state index in [1.54, 1.807) is 11.3 Å². The zero-order valence-electron chi connectivity index (χ0n) is 16.1. The van der Waals surface area contributed by atoms with Crippen LogP contribution in [0.4, 0.5) is 0 Å². The summed E-state index contributed by atoms with van der Waals surface area (Å²) >= 11 is 1.66. The number of nitrogens with one attached hydrogen (secondary N) is 2. The van der Waals surface area contributed by atoms with Crippen molar-refractivity contribution < 1.29 is 9.69 Å². The van der Waals surface area contributed by atoms with Crippen LogP contribution < -0.4 is 10.2 Å². The molecule has 1 atom stereocenters. The van der Waals surface area contributed by atoms with Gasteiger partial charge in [0.15, 0.2) is 6.54 Å². The first kappa shape index (κ1) is 19.6. The van der Waals surface area contributed by atoms with E-state index in [1.165, 1.54) is 5.56 Å². The summed E-state index contributed by atoms with van der Waals surface area (Å²) in [5.74, 6) is 0.0852. The van der Waals surface area contributed by atoms with Gasteiger partial charge in [-0.15, -0.1) is 11.3 Å². The highest BCUT2D eigenvalue weighted by Crippen LogP contribution is 2.26. The molecule has 0 spiro atoms. The molecule has 1 heterocycles. The second-order valence-electron chi connectivity index (χ2n) is 7.99. The van der Waals surface area contributed by atoms with Crippen molar-refractivity contribution in [2.75, 3.05) is 13.6 Å². The van der Waals surface area contributed by atoms with Gasteiger partial charge in [0.2, 0.25) is 0 Å². The van der Waals surface area contributed by atoms with E-state index in [0.717, 1.165) is 27.7 Å². The van der Waals surface area contributed by atoms with Gasteiger partial charge in [-0.05, 0) is 24.8 Å². The molecule has 0 bridgehead atoms. The van der Waals surface area contributed by atoms with Crippen LogP contribution in [0.5, 0.6) is 0 Å². The molecule has 1 aromatic carbocycles. The van der Waals surface area contributed by atoms with E-state index in [2.05, 4.69) is 55.7 Å². The number of aromatic nitrogens is 1. The summed E-state index contributed by atoms with van der Waals surface area (Å²) in [4.78, 5) is 17.7. The van der Waals surface area contributed by atoms with Crippen molar-refractivity contribution in [2.24, 2.45) is 0 Å². The van der Waals surface area contributed by atoms with Crippen LogP contribution in [0.2, 0.25) is 0 Å². The second kappa shape index (κ2) is 8.11. The van der Waals surface area contributed by atoms with E-state index >= 15 is 0 Å². The number of nitrogens with zero attached hydrogens (tertiary/aromatic N) is 1. The number of carbonyl (C=O) groups excluding carboxylic acids is 1. The molecule has 136 valence electrons. The molecule has 0 saturated carbocycles. The predicted octanol–water partition coefficient (Wildman–Crippen LogP) is 2.65. The van der Waals surface area contributed by atoms with Crippen LogP contribution in [0, 0.1) is 0 Å². The van der Waals surface area contributed by atoms with Crippen LogP contribution in [-0.2, 0) is 16.8 Å². The minimum absolute atomic E-state index is 0.0852. The molecule has 2 N–H and O–H groups in total. The minimum atomic E-state index is 0.0852. The minimum Gasteiger partial charge on any atom is -0.349 e. The van der Waals surface area contributed by atoms with Crippen LogP contribution >= 0.6 is 11.3 Å². The van der Waals surface area contributed by atoms with Crippen molar-refractivity contribution in [3.05, 3.63) is 40.2 Å². The molecule has 1 unspecified atom stereocenters. The maximum Gasteiger partial charge on any atom is 0.275 e. The van der Waals surface area contributed by atoms with Crippen LogP contribution in [0.15, 0.2) is 29.6 Å². The lowest BCUT2D eigenvalue weighted by Gasteiger charge is -2.18. The Labute approximate surface area is 155 Å². The number of hydrogen-bond acceptors (Lipinski definition) is 3. The van der Waals surface area contributed by atoms with Crippen LogP contribution in [0.1, 0.15) is 45.2 Å². The predicted molar refractivity (Wildman–Crippen MR) is 105 cm³/mol. The first-order chi connectivity index (χ1) is 11.6. The highest BCUT2D eigenvalue weighted by Gasteiger charge is 2.15. The number of hydrogen-bond donors (Lipinski definition) is 2. The smallest absolute Gasteiger partial charge is 0.275 e. The number of amides is 1. The SMILES string of the molecule is CC(C)NC(=O)C[NH+](C)Cc1nc(-c2ccc(C(C)(C)C)cc2)cs1. The molecule has 0 aliphatic heterocycles. The number of quaternary nitrogens is 1. The molecule has 0 saturated heterocycles. The van der Waals surface area contributed by atoms with E-state index < -0.39 is 0 Å². The number of carbonyl (C=O) groups is 1. The molecule has 0 fully saturated rings. The van der Waals surface area contributed by atoms with E-state index in [9.17, 15) is 4.79 Å². The Hall–Kier alpha value is -1.72. The average Bonchev–Trinajstić information content (AvgIpc) is 2.93. The Balaban J connectivity index is 1.99. The maximum atomic E-state index is 11.8. The molecule has 2 rings (SSSR count). The van der Waals surface area contributed by atoms with E-state index in [4.69, 9.17) is 4.98 Å². The second-order valence-corrected chi connectivity index (χ2v) is 8.93. The van der Waals surface area contributed by atoms with Gasteiger partial charge in [-0.1, -0.05) is 45.0 Å². The molecule has 0 aliphatic rings. The number of thiazole rings is 1. The molecular weight excluding hydrogens is 330 g/mol. The first-order valence-corrected chi connectivity index (χ1v) is 9.69. The van der Waals surface area contributed by atoms with Gasteiger partial charge in [0.05, 0.1) is 12.7 Å². The van der Waals surface area contributed by atoms with Crippen molar-refractivity contribution in [3.8, 4) is 11.3 Å². The van der Waals surface area contributed by atoms with Gasteiger partial charge in [0.1, 0.15) is 11.6 Å². The average molecular weight is 361 g/mol. The van der Waals surface area contributed by atoms with Crippen molar-refractivity contribution in [1.82, 2.24) is 10.3 Å². The topological polar surface area (TPSA) is 46.4 Å². The third kappa shape index (κ3) is 5.94. The van der Waals surface area contributed by atoms with Crippen LogP contribution in [0.25, 0.3) is 11.3 Å². The maximum absolute atomic E-state index is 11.8. The highest BCUT2D eigenvalue weighted by atomic mass is 32.1. The Bertz CT molecular complexity index is 698. The summed E-state index contributed by atoms with van der Waals surface area (Å²) in [6.45, 7) is 11.8. The van der Waals surface area contributed by atoms with Gasteiger partial charge in [-0.25, -0.2) is 4.98 Å².